The van der Waals surface area contributed by atoms with Gasteiger partial charge >= 0.3 is 0 Å². The highest BCUT2D eigenvalue weighted by atomic mass is 79.9. The van der Waals surface area contributed by atoms with Gasteiger partial charge in [-0.3, -0.25) is 9.59 Å². The van der Waals surface area contributed by atoms with Crippen LogP contribution in [0.5, 0.6) is 0 Å². The highest BCUT2D eigenvalue weighted by Crippen LogP contribution is 2.18. The number of aromatic nitrogens is 2. The minimum Gasteiger partial charge on any atom is -0.328 e. The Labute approximate surface area is 105 Å². The molecule has 2 heterocycles. The van der Waals surface area contributed by atoms with Gasteiger partial charge in [0.1, 0.15) is 11.4 Å². The van der Waals surface area contributed by atoms with Crippen LogP contribution in [0.1, 0.15) is 10.4 Å². The average Bonchev–Trinajstić information content (AvgIpc) is 2.32. The Hall–Kier alpha value is -1.95. The van der Waals surface area contributed by atoms with Crippen molar-refractivity contribution in [3.63, 3.8) is 0 Å². The van der Waals surface area contributed by atoms with E-state index in [9.17, 15) is 9.59 Å². The molecule has 0 unspecified atom stereocenters. The van der Waals surface area contributed by atoms with Gasteiger partial charge in [0.15, 0.2) is 0 Å². The van der Waals surface area contributed by atoms with E-state index in [0.29, 0.717) is 10.3 Å². The van der Waals surface area contributed by atoms with Crippen molar-refractivity contribution in [2.75, 3.05) is 5.32 Å². The average molecular weight is 294 g/mol. The smallest absolute Gasteiger partial charge is 0.262 e. The molecule has 0 aromatic carbocycles. The first-order chi connectivity index (χ1) is 8.18. The van der Waals surface area contributed by atoms with E-state index in [2.05, 4.69) is 31.2 Å². The summed E-state index contributed by atoms with van der Waals surface area (Å²) in [6, 6.07) is 6.52. The first-order valence-corrected chi connectivity index (χ1v) is 5.57. The molecular formula is C11H8BrN3O2. The Bertz CT molecular complexity index is 609. The van der Waals surface area contributed by atoms with Gasteiger partial charge in [-0.15, -0.1) is 0 Å². The third kappa shape index (κ3) is 2.59. The number of amides is 1. The van der Waals surface area contributed by atoms with Crippen LogP contribution in [-0.2, 0) is 0 Å². The molecule has 5 nitrogen and oxygen atoms in total. The van der Waals surface area contributed by atoms with Crippen LogP contribution in [0.2, 0.25) is 0 Å². The summed E-state index contributed by atoms with van der Waals surface area (Å²) in [4.78, 5) is 29.6. The van der Waals surface area contributed by atoms with Crippen LogP contribution in [-0.4, -0.2) is 15.9 Å². The first kappa shape index (κ1) is 11.5. The molecule has 1 amide bonds. The van der Waals surface area contributed by atoms with Crippen LogP contribution in [0.3, 0.4) is 0 Å². The molecule has 2 aromatic rings. The van der Waals surface area contributed by atoms with E-state index >= 15 is 0 Å². The summed E-state index contributed by atoms with van der Waals surface area (Å²) in [5.74, 6) is -0.119. The number of rotatable bonds is 2. The summed E-state index contributed by atoms with van der Waals surface area (Å²) in [7, 11) is 0. The zero-order chi connectivity index (χ0) is 12.3. The number of aromatic amines is 1. The number of nitrogens with zero attached hydrogens (tertiary/aromatic N) is 1. The van der Waals surface area contributed by atoms with E-state index in [1.807, 2.05) is 0 Å². The second kappa shape index (κ2) is 4.92. The van der Waals surface area contributed by atoms with Gasteiger partial charge in [-0.05, 0) is 40.2 Å². The van der Waals surface area contributed by atoms with Crippen LogP contribution < -0.4 is 10.9 Å². The quantitative estimate of drug-likeness (QED) is 0.886. The van der Waals surface area contributed by atoms with Gasteiger partial charge in [0.05, 0.1) is 4.47 Å². The Morgan fingerprint density at radius 2 is 2.18 bits per heavy atom. The molecule has 2 aromatic heterocycles. The second-order valence-electron chi connectivity index (χ2n) is 3.20. The number of hydrogen-bond acceptors (Lipinski definition) is 3. The normalized spacial score (nSPS) is 9.94. The highest BCUT2D eigenvalue weighted by molar-refractivity contribution is 9.10. The molecule has 0 radical (unpaired) electrons. The Kier molecular flexibility index (Phi) is 3.34. The Balaban J connectivity index is 2.27. The van der Waals surface area contributed by atoms with Crippen molar-refractivity contribution in [1.82, 2.24) is 9.97 Å². The lowest BCUT2D eigenvalue weighted by molar-refractivity contribution is 0.102. The lowest BCUT2D eigenvalue weighted by atomic mass is 10.2. The summed E-state index contributed by atoms with van der Waals surface area (Å²) in [5, 5.41) is 2.55. The fraction of sp³-hybridized carbons (Fsp3) is 0. The number of pyridine rings is 2. The maximum atomic E-state index is 11.8. The molecule has 2 N–H and O–H groups in total. The largest absolute Gasteiger partial charge is 0.328 e. The molecule has 0 aliphatic rings. The molecular weight excluding hydrogens is 286 g/mol. The summed E-state index contributed by atoms with van der Waals surface area (Å²) in [5.41, 5.74) is -0.387. The van der Waals surface area contributed by atoms with Gasteiger partial charge in [0.25, 0.3) is 11.5 Å². The lowest BCUT2D eigenvalue weighted by Crippen LogP contribution is -2.23. The van der Waals surface area contributed by atoms with Crippen molar-refractivity contribution in [2.24, 2.45) is 0 Å². The molecule has 0 bridgehead atoms. The highest BCUT2D eigenvalue weighted by Gasteiger charge is 2.11. The second-order valence-corrected chi connectivity index (χ2v) is 4.06. The molecule has 17 heavy (non-hydrogen) atoms. The molecule has 6 heteroatoms. The van der Waals surface area contributed by atoms with Crippen molar-refractivity contribution in [1.29, 1.82) is 0 Å². The van der Waals surface area contributed by atoms with Crippen LogP contribution in [0.4, 0.5) is 5.82 Å². The Morgan fingerprint density at radius 3 is 2.88 bits per heavy atom. The number of carbonyl (C=O) groups is 1. The lowest BCUT2D eigenvalue weighted by Gasteiger charge is -2.04. The maximum Gasteiger partial charge on any atom is 0.262 e. The van der Waals surface area contributed by atoms with Crippen LogP contribution >= 0.6 is 15.9 Å². The number of nitrogens with one attached hydrogen (secondary N) is 2. The third-order valence-electron chi connectivity index (χ3n) is 2.05. The van der Waals surface area contributed by atoms with Crippen LogP contribution in [0, 0.1) is 0 Å². The van der Waals surface area contributed by atoms with Crippen molar-refractivity contribution < 1.29 is 4.79 Å². The predicted octanol–water partition coefficient (Wildman–Crippen LogP) is 1.78. The minimum absolute atomic E-state index is 0.0463. The van der Waals surface area contributed by atoms with Gasteiger partial charge < -0.3 is 10.3 Å². The van der Waals surface area contributed by atoms with E-state index in [1.54, 1.807) is 24.4 Å². The number of carbonyl (C=O) groups excluding carboxylic acids is 1. The summed E-state index contributed by atoms with van der Waals surface area (Å²) in [6.45, 7) is 0. The van der Waals surface area contributed by atoms with Crippen molar-refractivity contribution in [3.8, 4) is 0 Å². The fourth-order valence-electron chi connectivity index (χ4n) is 1.25. The summed E-state index contributed by atoms with van der Waals surface area (Å²) >= 11 is 3.25. The van der Waals surface area contributed by atoms with E-state index in [-0.39, 0.29) is 5.56 Å². The molecule has 0 aliphatic carbocycles. The zero-order valence-corrected chi connectivity index (χ0v) is 10.2. The topological polar surface area (TPSA) is 74.8 Å². The number of H-pyrrole nitrogens is 1. The number of anilines is 1. The van der Waals surface area contributed by atoms with Crippen molar-refractivity contribution in [2.45, 2.75) is 0 Å². The minimum atomic E-state index is -0.494. The monoisotopic (exact) mass is 293 g/mol. The molecule has 2 rings (SSSR count). The standard InChI is InChI=1S/C11H8BrN3O2/c12-8-4-2-5-13-9(8)15-11(17)7-3-1-6-14-10(7)16/h1-6H,(H,14,16)(H,13,15,17). The molecule has 0 aliphatic heterocycles. The molecule has 0 atom stereocenters. The number of halogens is 1. The fourth-order valence-corrected chi connectivity index (χ4v) is 1.61. The molecule has 0 fully saturated rings. The SMILES string of the molecule is O=C(Nc1ncccc1Br)c1ccc[nH]c1=O. The predicted molar refractivity (Wildman–Crippen MR) is 67.0 cm³/mol. The van der Waals surface area contributed by atoms with Gasteiger partial charge in [0, 0.05) is 12.4 Å². The van der Waals surface area contributed by atoms with E-state index < -0.39 is 11.5 Å². The third-order valence-corrected chi connectivity index (χ3v) is 2.69. The van der Waals surface area contributed by atoms with Gasteiger partial charge in [-0.2, -0.15) is 0 Å². The molecule has 0 spiro atoms. The molecule has 0 saturated heterocycles. The van der Waals surface area contributed by atoms with Crippen LogP contribution in [0.25, 0.3) is 0 Å². The van der Waals surface area contributed by atoms with E-state index in [4.69, 9.17) is 0 Å². The van der Waals surface area contributed by atoms with Gasteiger partial charge in [-0.25, -0.2) is 4.98 Å². The van der Waals surface area contributed by atoms with Crippen molar-refractivity contribution >= 4 is 27.7 Å². The first-order valence-electron chi connectivity index (χ1n) is 4.78. The van der Waals surface area contributed by atoms with Gasteiger partial charge in [0.2, 0.25) is 0 Å². The number of hydrogen-bond donors (Lipinski definition) is 2. The molecule has 86 valence electrons. The summed E-state index contributed by atoms with van der Waals surface area (Å²) < 4.78 is 0.653. The van der Waals surface area contributed by atoms with E-state index in [1.165, 1.54) is 12.3 Å². The van der Waals surface area contributed by atoms with Crippen LogP contribution in [0.15, 0.2) is 45.9 Å². The zero-order valence-electron chi connectivity index (χ0n) is 8.61. The Morgan fingerprint density at radius 1 is 1.35 bits per heavy atom. The molecule has 0 saturated carbocycles. The maximum absolute atomic E-state index is 11.8. The van der Waals surface area contributed by atoms with E-state index in [0.717, 1.165) is 0 Å². The van der Waals surface area contributed by atoms with Gasteiger partial charge in [-0.1, -0.05) is 0 Å². The summed E-state index contributed by atoms with van der Waals surface area (Å²) in [6.07, 6.45) is 3.02. The van der Waals surface area contributed by atoms with Crippen molar-refractivity contribution in [3.05, 3.63) is 57.0 Å².